The molecule has 1 unspecified atom stereocenters. The van der Waals surface area contributed by atoms with Crippen LogP contribution in [0.5, 0.6) is 0 Å². The van der Waals surface area contributed by atoms with Crippen molar-refractivity contribution in [1.29, 1.82) is 0 Å². The van der Waals surface area contributed by atoms with Crippen LogP contribution in [0.2, 0.25) is 0 Å². The van der Waals surface area contributed by atoms with Crippen molar-refractivity contribution in [1.82, 2.24) is 4.90 Å². The highest BCUT2D eigenvalue weighted by atomic mass is 16.6. The molecule has 0 bridgehead atoms. The summed E-state index contributed by atoms with van der Waals surface area (Å²) in [6, 6.07) is 16.2. The summed E-state index contributed by atoms with van der Waals surface area (Å²) in [4.78, 5) is 26.7. The van der Waals surface area contributed by atoms with E-state index < -0.39 is 28.8 Å². The standard InChI is InChI=1S/C25H29NO5/c1-23(2)15-25(21(27)28,24(3,4)31-23)26(5)22(29)30-14-20-18-12-8-6-10-16(18)17-11-7-9-13-19(17)20/h6-13,20H,14-15H2,1-5H3,(H,27,28). The Bertz CT molecular complexity index is 998. The van der Waals surface area contributed by atoms with Gasteiger partial charge in [0.05, 0.1) is 11.2 Å². The van der Waals surface area contributed by atoms with E-state index in [4.69, 9.17) is 9.47 Å². The Morgan fingerprint density at radius 3 is 2.00 bits per heavy atom. The van der Waals surface area contributed by atoms with Crippen molar-refractivity contribution < 1.29 is 24.2 Å². The number of hydrogen-bond acceptors (Lipinski definition) is 4. The molecule has 2 aromatic rings. The first kappa shape index (κ1) is 21.4. The highest BCUT2D eigenvalue weighted by molar-refractivity contribution is 5.86. The Balaban J connectivity index is 1.59. The molecule has 164 valence electrons. The molecule has 1 amide bonds. The SMILES string of the molecule is CN(C(=O)OCC1c2ccccc2-c2ccccc21)C1(C(=O)O)CC(C)(C)OC1(C)C. The number of benzene rings is 2. The number of nitrogens with zero attached hydrogens (tertiary/aromatic N) is 1. The van der Waals surface area contributed by atoms with Gasteiger partial charge in [-0.3, -0.25) is 4.90 Å². The fourth-order valence-electron chi connectivity index (χ4n) is 5.49. The average molecular weight is 424 g/mol. The Labute approximate surface area is 182 Å². The van der Waals surface area contributed by atoms with Crippen LogP contribution in [0.25, 0.3) is 11.1 Å². The molecule has 1 aliphatic heterocycles. The largest absolute Gasteiger partial charge is 0.479 e. The molecule has 2 aliphatic rings. The molecule has 6 heteroatoms. The summed E-state index contributed by atoms with van der Waals surface area (Å²) < 4.78 is 11.7. The summed E-state index contributed by atoms with van der Waals surface area (Å²) in [7, 11) is 1.49. The number of rotatable bonds is 4. The summed E-state index contributed by atoms with van der Waals surface area (Å²) >= 11 is 0. The molecule has 6 nitrogen and oxygen atoms in total. The maximum absolute atomic E-state index is 13.1. The predicted molar refractivity (Wildman–Crippen MR) is 117 cm³/mol. The number of aliphatic carboxylic acids is 1. The maximum atomic E-state index is 13.1. The minimum absolute atomic E-state index is 0.0881. The smallest absolute Gasteiger partial charge is 0.410 e. The summed E-state index contributed by atoms with van der Waals surface area (Å²) in [5, 5.41) is 10.2. The van der Waals surface area contributed by atoms with E-state index in [9.17, 15) is 14.7 Å². The van der Waals surface area contributed by atoms with Gasteiger partial charge >= 0.3 is 12.1 Å². The minimum atomic E-state index is -1.53. The molecule has 1 saturated heterocycles. The van der Waals surface area contributed by atoms with Crippen molar-refractivity contribution in [2.24, 2.45) is 0 Å². The van der Waals surface area contributed by atoms with Crippen molar-refractivity contribution in [2.75, 3.05) is 13.7 Å². The van der Waals surface area contributed by atoms with E-state index in [0.717, 1.165) is 22.3 Å². The first-order valence-corrected chi connectivity index (χ1v) is 10.5. The first-order chi connectivity index (χ1) is 14.5. The quantitative estimate of drug-likeness (QED) is 0.774. The fourth-order valence-corrected chi connectivity index (χ4v) is 5.49. The van der Waals surface area contributed by atoms with Crippen molar-refractivity contribution in [3.05, 3.63) is 59.7 Å². The number of carbonyl (C=O) groups is 2. The number of carboxylic acid groups (broad SMARTS) is 1. The Kier molecular flexibility index (Phi) is 4.89. The molecule has 1 N–H and O–H groups in total. The van der Waals surface area contributed by atoms with Crippen molar-refractivity contribution >= 4 is 12.1 Å². The van der Waals surface area contributed by atoms with Gasteiger partial charge in [0.2, 0.25) is 0 Å². The molecule has 2 aromatic carbocycles. The average Bonchev–Trinajstić information content (AvgIpc) is 3.13. The summed E-state index contributed by atoms with van der Waals surface area (Å²) in [6.07, 6.45) is -0.498. The number of carboxylic acids is 1. The number of fused-ring (bicyclic) bond motifs is 3. The van der Waals surface area contributed by atoms with Crippen LogP contribution in [0, 0.1) is 0 Å². The lowest BCUT2D eigenvalue weighted by molar-refractivity contribution is -0.162. The number of hydrogen-bond donors (Lipinski definition) is 1. The van der Waals surface area contributed by atoms with Crippen LogP contribution in [0.1, 0.15) is 51.2 Å². The Morgan fingerprint density at radius 2 is 1.55 bits per heavy atom. The van der Waals surface area contributed by atoms with Gasteiger partial charge in [-0.2, -0.15) is 0 Å². The van der Waals surface area contributed by atoms with Gasteiger partial charge in [-0.15, -0.1) is 0 Å². The highest BCUT2D eigenvalue weighted by Gasteiger charge is 2.65. The van der Waals surface area contributed by atoms with Crippen LogP contribution < -0.4 is 0 Å². The number of carbonyl (C=O) groups excluding carboxylic acids is 1. The molecular formula is C25H29NO5. The molecule has 31 heavy (non-hydrogen) atoms. The van der Waals surface area contributed by atoms with E-state index in [1.54, 1.807) is 13.8 Å². The van der Waals surface area contributed by atoms with Crippen LogP contribution in [-0.2, 0) is 14.3 Å². The van der Waals surface area contributed by atoms with E-state index in [-0.39, 0.29) is 18.9 Å². The molecule has 0 saturated carbocycles. The van der Waals surface area contributed by atoms with Gasteiger partial charge in [-0.05, 0) is 49.9 Å². The van der Waals surface area contributed by atoms with Gasteiger partial charge in [-0.25, -0.2) is 9.59 Å². The van der Waals surface area contributed by atoms with Crippen LogP contribution >= 0.6 is 0 Å². The molecule has 0 spiro atoms. The Morgan fingerprint density at radius 1 is 1.03 bits per heavy atom. The summed E-state index contributed by atoms with van der Waals surface area (Å²) in [5.74, 6) is -1.19. The van der Waals surface area contributed by atoms with Crippen molar-refractivity contribution in [3.8, 4) is 11.1 Å². The second-order valence-electron chi connectivity index (χ2n) is 9.58. The van der Waals surface area contributed by atoms with Gasteiger partial charge in [0.1, 0.15) is 6.61 Å². The Hall–Kier alpha value is -2.86. The van der Waals surface area contributed by atoms with Crippen LogP contribution in [0.15, 0.2) is 48.5 Å². The maximum Gasteiger partial charge on any atom is 0.410 e. The highest BCUT2D eigenvalue weighted by Crippen LogP contribution is 2.49. The van der Waals surface area contributed by atoms with Gasteiger partial charge in [0.15, 0.2) is 5.54 Å². The lowest BCUT2D eigenvalue weighted by atomic mass is 9.78. The molecule has 0 aromatic heterocycles. The van der Waals surface area contributed by atoms with Crippen LogP contribution in [0.3, 0.4) is 0 Å². The van der Waals surface area contributed by atoms with Gasteiger partial charge in [0.25, 0.3) is 0 Å². The fraction of sp³-hybridized carbons (Fsp3) is 0.440. The third-order valence-electron chi connectivity index (χ3n) is 6.75. The molecular weight excluding hydrogens is 394 g/mol. The lowest BCUT2D eigenvalue weighted by Gasteiger charge is -2.42. The van der Waals surface area contributed by atoms with E-state index >= 15 is 0 Å². The summed E-state index contributed by atoms with van der Waals surface area (Å²) in [5.41, 5.74) is 1.21. The van der Waals surface area contributed by atoms with E-state index in [1.807, 2.05) is 50.2 Å². The van der Waals surface area contributed by atoms with E-state index in [0.29, 0.717) is 0 Å². The van der Waals surface area contributed by atoms with Crippen LogP contribution in [0.4, 0.5) is 4.79 Å². The lowest BCUT2D eigenvalue weighted by Crippen LogP contribution is -2.64. The number of likely N-dealkylation sites (N-methyl/N-ethyl adjacent to an activating group) is 1. The number of ether oxygens (including phenoxy) is 2. The first-order valence-electron chi connectivity index (χ1n) is 10.5. The van der Waals surface area contributed by atoms with Gasteiger partial charge in [-0.1, -0.05) is 48.5 Å². The zero-order chi connectivity index (χ0) is 22.6. The topological polar surface area (TPSA) is 76.1 Å². The van der Waals surface area contributed by atoms with E-state index in [1.165, 1.54) is 11.9 Å². The van der Waals surface area contributed by atoms with Crippen LogP contribution in [-0.4, -0.2) is 52.5 Å². The van der Waals surface area contributed by atoms with E-state index in [2.05, 4.69) is 12.1 Å². The molecule has 1 atom stereocenters. The van der Waals surface area contributed by atoms with Crippen molar-refractivity contribution in [3.63, 3.8) is 0 Å². The van der Waals surface area contributed by atoms with Crippen molar-refractivity contribution in [2.45, 2.75) is 56.8 Å². The van der Waals surface area contributed by atoms with Gasteiger partial charge < -0.3 is 14.6 Å². The second-order valence-corrected chi connectivity index (χ2v) is 9.58. The zero-order valence-corrected chi connectivity index (χ0v) is 18.6. The minimum Gasteiger partial charge on any atom is -0.479 e. The van der Waals surface area contributed by atoms with Gasteiger partial charge in [0, 0.05) is 19.4 Å². The zero-order valence-electron chi connectivity index (χ0n) is 18.6. The molecule has 0 radical (unpaired) electrons. The third-order valence-corrected chi connectivity index (χ3v) is 6.75. The normalized spacial score (nSPS) is 23.1. The third kappa shape index (κ3) is 3.21. The molecule has 1 aliphatic carbocycles. The molecule has 1 heterocycles. The summed E-state index contributed by atoms with van der Waals surface area (Å²) in [6.45, 7) is 7.24. The second kappa shape index (κ2) is 7.09. The molecule has 4 rings (SSSR count). The monoisotopic (exact) mass is 423 g/mol. The predicted octanol–water partition coefficient (Wildman–Crippen LogP) is 4.67. The number of amides is 1. The molecule has 1 fully saturated rings.